The van der Waals surface area contributed by atoms with Crippen molar-refractivity contribution in [2.75, 3.05) is 0 Å². The highest BCUT2D eigenvalue weighted by Crippen LogP contribution is 2.14. The van der Waals surface area contributed by atoms with Crippen molar-refractivity contribution in [2.45, 2.75) is 33.0 Å². The van der Waals surface area contributed by atoms with Gasteiger partial charge >= 0.3 is 0 Å². The molecule has 2 N–H and O–H groups in total. The summed E-state index contributed by atoms with van der Waals surface area (Å²) in [4.78, 5) is 4.15. The van der Waals surface area contributed by atoms with Crippen LogP contribution in [0.3, 0.4) is 0 Å². The summed E-state index contributed by atoms with van der Waals surface area (Å²) in [6.07, 6.45) is 4.79. The first-order valence-corrected chi connectivity index (χ1v) is 6.24. The van der Waals surface area contributed by atoms with Crippen molar-refractivity contribution in [1.29, 1.82) is 0 Å². The third-order valence-corrected chi connectivity index (χ3v) is 2.81. The van der Waals surface area contributed by atoms with E-state index in [0.29, 0.717) is 13.2 Å². The fourth-order valence-electron chi connectivity index (χ4n) is 1.79. The standard InChI is InChI=1S/C14H19N3O/c1-2-7-17-11-16-9-13(17)10-18-14-5-3-12(8-15)4-6-14/h3-6,9,11H,2,7-8,10,15H2,1H3. The number of nitrogens with zero attached hydrogens (tertiary/aromatic N) is 2. The second-order valence-corrected chi connectivity index (χ2v) is 4.22. The van der Waals surface area contributed by atoms with Gasteiger partial charge in [0.05, 0.1) is 18.2 Å². The molecule has 4 nitrogen and oxygen atoms in total. The van der Waals surface area contributed by atoms with Crippen molar-refractivity contribution >= 4 is 0 Å². The van der Waals surface area contributed by atoms with Gasteiger partial charge in [0.15, 0.2) is 0 Å². The summed E-state index contributed by atoms with van der Waals surface area (Å²) in [6.45, 7) is 4.23. The molecule has 0 radical (unpaired) electrons. The molecule has 0 atom stereocenters. The fraction of sp³-hybridized carbons (Fsp3) is 0.357. The molecule has 0 unspecified atom stereocenters. The van der Waals surface area contributed by atoms with E-state index in [2.05, 4.69) is 16.5 Å². The molecule has 4 heteroatoms. The van der Waals surface area contributed by atoms with Crippen LogP contribution in [-0.2, 0) is 19.7 Å². The van der Waals surface area contributed by atoms with E-state index in [-0.39, 0.29) is 0 Å². The van der Waals surface area contributed by atoms with Gasteiger partial charge in [0.1, 0.15) is 12.4 Å². The number of benzene rings is 1. The van der Waals surface area contributed by atoms with Crippen LogP contribution in [0.25, 0.3) is 0 Å². The highest BCUT2D eigenvalue weighted by atomic mass is 16.5. The van der Waals surface area contributed by atoms with Crippen LogP contribution in [0.1, 0.15) is 24.6 Å². The summed E-state index contributed by atoms with van der Waals surface area (Å²) in [7, 11) is 0. The Bertz CT molecular complexity index is 476. The molecule has 0 saturated carbocycles. The lowest BCUT2D eigenvalue weighted by Gasteiger charge is -2.09. The van der Waals surface area contributed by atoms with Gasteiger partial charge in [0.25, 0.3) is 0 Å². The first kappa shape index (κ1) is 12.6. The second kappa shape index (κ2) is 6.21. The molecule has 18 heavy (non-hydrogen) atoms. The molecule has 0 bridgehead atoms. The minimum atomic E-state index is 0.544. The van der Waals surface area contributed by atoms with Crippen molar-refractivity contribution in [3.8, 4) is 5.75 Å². The summed E-state index contributed by atoms with van der Waals surface area (Å²) in [6, 6.07) is 7.86. The van der Waals surface area contributed by atoms with Gasteiger partial charge in [-0.25, -0.2) is 4.98 Å². The molecule has 0 fully saturated rings. The van der Waals surface area contributed by atoms with E-state index in [1.165, 1.54) is 0 Å². The van der Waals surface area contributed by atoms with Crippen LogP contribution in [-0.4, -0.2) is 9.55 Å². The van der Waals surface area contributed by atoms with Crippen molar-refractivity contribution in [3.63, 3.8) is 0 Å². The maximum atomic E-state index is 5.74. The summed E-state index contributed by atoms with van der Waals surface area (Å²) >= 11 is 0. The molecule has 0 amide bonds. The summed E-state index contributed by atoms with van der Waals surface area (Å²) < 4.78 is 7.85. The number of rotatable bonds is 6. The quantitative estimate of drug-likeness (QED) is 0.849. The maximum absolute atomic E-state index is 5.74. The van der Waals surface area contributed by atoms with Crippen molar-refractivity contribution in [3.05, 3.63) is 48.0 Å². The second-order valence-electron chi connectivity index (χ2n) is 4.22. The largest absolute Gasteiger partial charge is 0.487 e. The normalized spacial score (nSPS) is 10.6. The Morgan fingerprint density at radius 3 is 2.72 bits per heavy atom. The number of imidazole rings is 1. The average molecular weight is 245 g/mol. The highest BCUT2D eigenvalue weighted by molar-refractivity contribution is 5.27. The van der Waals surface area contributed by atoms with E-state index in [0.717, 1.165) is 30.0 Å². The SMILES string of the molecule is CCCn1cncc1COc1ccc(CN)cc1. The monoisotopic (exact) mass is 245 g/mol. The molecule has 2 aromatic rings. The lowest BCUT2D eigenvalue weighted by molar-refractivity contribution is 0.294. The highest BCUT2D eigenvalue weighted by Gasteiger charge is 2.02. The number of hydrogen-bond acceptors (Lipinski definition) is 3. The van der Waals surface area contributed by atoms with Gasteiger partial charge in [0, 0.05) is 13.1 Å². The molecule has 1 aromatic carbocycles. The summed E-state index contributed by atoms with van der Waals surface area (Å²) in [5.41, 5.74) is 7.76. The zero-order valence-corrected chi connectivity index (χ0v) is 10.7. The number of nitrogens with two attached hydrogens (primary N) is 1. The molecule has 0 saturated heterocycles. The molecule has 1 aromatic heterocycles. The van der Waals surface area contributed by atoms with Gasteiger partial charge in [-0.3, -0.25) is 0 Å². The molecular formula is C14H19N3O. The van der Waals surface area contributed by atoms with Gasteiger partial charge in [-0.05, 0) is 24.1 Å². The van der Waals surface area contributed by atoms with Crippen LogP contribution >= 0.6 is 0 Å². The van der Waals surface area contributed by atoms with Gasteiger partial charge in [-0.2, -0.15) is 0 Å². The molecule has 1 heterocycles. The smallest absolute Gasteiger partial charge is 0.130 e. The Morgan fingerprint density at radius 2 is 2.06 bits per heavy atom. The number of hydrogen-bond donors (Lipinski definition) is 1. The topological polar surface area (TPSA) is 53.1 Å². The fourth-order valence-corrected chi connectivity index (χ4v) is 1.79. The van der Waals surface area contributed by atoms with Crippen molar-refractivity contribution < 1.29 is 4.74 Å². The van der Waals surface area contributed by atoms with Crippen molar-refractivity contribution in [1.82, 2.24) is 9.55 Å². The van der Waals surface area contributed by atoms with Gasteiger partial charge < -0.3 is 15.0 Å². The Kier molecular flexibility index (Phi) is 4.36. The predicted molar refractivity (Wildman–Crippen MR) is 71.2 cm³/mol. The van der Waals surface area contributed by atoms with E-state index < -0.39 is 0 Å². The molecule has 0 aliphatic carbocycles. The minimum absolute atomic E-state index is 0.544. The average Bonchev–Trinajstić information content (AvgIpc) is 2.85. The van der Waals surface area contributed by atoms with Crippen LogP contribution in [0.2, 0.25) is 0 Å². The van der Waals surface area contributed by atoms with E-state index >= 15 is 0 Å². The van der Waals surface area contributed by atoms with E-state index in [4.69, 9.17) is 10.5 Å². The molecule has 96 valence electrons. The lowest BCUT2D eigenvalue weighted by Crippen LogP contribution is -2.05. The van der Waals surface area contributed by atoms with Gasteiger partial charge in [0.2, 0.25) is 0 Å². The third-order valence-electron chi connectivity index (χ3n) is 2.81. The van der Waals surface area contributed by atoms with Crippen LogP contribution in [0.5, 0.6) is 5.75 Å². The summed E-state index contributed by atoms with van der Waals surface area (Å²) in [5.74, 6) is 0.858. The predicted octanol–water partition coefficient (Wildman–Crippen LogP) is 2.33. The number of ether oxygens (including phenoxy) is 1. The van der Waals surface area contributed by atoms with E-state index in [1.54, 1.807) is 0 Å². The zero-order valence-electron chi connectivity index (χ0n) is 10.7. The Hall–Kier alpha value is -1.81. The molecule has 2 rings (SSSR count). The van der Waals surface area contributed by atoms with Crippen LogP contribution < -0.4 is 10.5 Å². The number of aryl methyl sites for hydroxylation is 1. The van der Waals surface area contributed by atoms with Gasteiger partial charge in [-0.15, -0.1) is 0 Å². The summed E-state index contributed by atoms with van der Waals surface area (Å²) in [5, 5.41) is 0. The number of aromatic nitrogens is 2. The van der Waals surface area contributed by atoms with Crippen molar-refractivity contribution in [2.24, 2.45) is 5.73 Å². The zero-order chi connectivity index (χ0) is 12.8. The first-order valence-electron chi connectivity index (χ1n) is 6.24. The third kappa shape index (κ3) is 3.11. The van der Waals surface area contributed by atoms with E-state index in [1.807, 2.05) is 36.8 Å². The Labute approximate surface area is 107 Å². The first-order chi connectivity index (χ1) is 8.83. The minimum Gasteiger partial charge on any atom is -0.487 e. The molecule has 0 aliphatic rings. The molecule has 0 spiro atoms. The van der Waals surface area contributed by atoms with Crippen LogP contribution in [0.15, 0.2) is 36.8 Å². The van der Waals surface area contributed by atoms with Crippen LogP contribution in [0.4, 0.5) is 0 Å². The Morgan fingerprint density at radius 1 is 1.28 bits per heavy atom. The Balaban J connectivity index is 1.95. The van der Waals surface area contributed by atoms with Crippen LogP contribution in [0, 0.1) is 0 Å². The van der Waals surface area contributed by atoms with E-state index in [9.17, 15) is 0 Å². The van der Waals surface area contributed by atoms with Gasteiger partial charge in [-0.1, -0.05) is 19.1 Å². The molecule has 0 aliphatic heterocycles. The lowest BCUT2D eigenvalue weighted by atomic mass is 10.2. The maximum Gasteiger partial charge on any atom is 0.130 e. The molecular weight excluding hydrogens is 226 g/mol.